The normalized spacial score (nSPS) is 10.3. The molecule has 23 heavy (non-hydrogen) atoms. The highest BCUT2D eigenvalue weighted by molar-refractivity contribution is 9.10. The van der Waals surface area contributed by atoms with Crippen LogP contribution in [0.4, 0.5) is 0 Å². The molecule has 1 aromatic rings. The van der Waals surface area contributed by atoms with Gasteiger partial charge in [0.25, 0.3) is 0 Å². The lowest BCUT2D eigenvalue weighted by Gasteiger charge is -2.17. The van der Waals surface area contributed by atoms with Crippen molar-refractivity contribution in [1.82, 2.24) is 0 Å². The average Bonchev–Trinajstić information content (AvgIpc) is 2.54. The van der Waals surface area contributed by atoms with Crippen LogP contribution in [0.25, 0.3) is 0 Å². The number of rotatable bonds is 8. The monoisotopic (exact) mass is 388 g/mol. The summed E-state index contributed by atoms with van der Waals surface area (Å²) >= 11 is 3.42. The third-order valence-electron chi connectivity index (χ3n) is 3.11. The van der Waals surface area contributed by atoms with Gasteiger partial charge in [0.05, 0.1) is 31.9 Å². The maximum absolute atomic E-state index is 12.1. The van der Waals surface area contributed by atoms with Gasteiger partial charge in [0.15, 0.2) is 5.92 Å². The maximum atomic E-state index is 12.1. The Labute approximate surface area is 144 Å². The van der Waals surface area contributed by atoms with Crippen molar-refractivity contribution < 1.29 is 28.5 Å². The topological polar surface area (TPSA) is 71.1 Å². The molecule has 1 aromatic carbocycles. The summed E-state index contributed by atoms with van der Waals surface area (Å²) in [5, 5.41) is 0. The van der Waals surface area contributed by atoms with Crippen LogP contribution in [-0.2, 0) is 25.5 Å². The highest BCUT2D eigenvalue weighted by Gasteiger charge is 2.31. The fraction of sp³-hybridized carbons (Fsp3) is 0.500. The lowest BCUT2D eigenvalue weighted by molar-refractivity contribution is -0.161. The second kappa shape index (κ2) is 9.39. The predicted molar refractivity (Wildman–Crippen MR) is 87.7 cm³/mol. The minimum Gasteiger partial charge on any atom is -0.497 e. The van der Waals surface area contributed by atoms with Gasteiger partial charge in [0, 0.05) is 6.07 Å². The molecule has 0 unspecified atom stereocenters. The summed E-state index contributed by atoms with van der Waals surface area (Å²) in [5.74, 6) is -1.15. The van der Waals surface area contributed by atoms with Gasteiger partial charge in [-0.15, -0.1) is 0 Å². The zero-order valence-electron chi connectivity index (χ0n) is 13.7. The van der Waals surface area contributed by atoms with Crippen LogP contribution in [0.2, 0.25) is 0 Å². The fourth-order valence-corrected chi connectivity index (χ4v) is 2.56. The van der Waals surface area contributed by atoms with Crippen LogP contribution < -0.4 is 9.47 Å². The van der Waals surface area contributed by atoms with E-state index in [4.69, 9.17) is 18.9 Å². The number of ether oxygens (including phenoxy) is 4. The van der Waals surface area contributed by atoms with Gasteiger partial charge in [-0.05, 0) is 47.8 Å². The molecule has 0 aliphatic heterocycles. The SMILES string of the molecule is CCOC(=O)C(Cc1cc(OC)cc(OC)c1Br)C(=O)OCC. The van der Waals surface area contributed by atoms with E-state index < -0.39 is 17.9 Å². The van der Waals surface area contributed by atoms with Crippen molar-refractivity contribution in [3.8, 4) is 11.5 Å². The Balaban J connectivity index is 3.16. The molecule has 0 aliphatic carbocycles. The third-order valence-corrected chi connectivity index (χ3v) is 4.01. The lowest BCUT2D eigenvalue weighted by Crippen LogP contribution is -2.30. The van der Waals surface area contributed by atoms with Crippen LogP contribution >= 0.6 is 15.9 Å². The number of carbonyl (C=O) groups excluding carboxylic acids is 2. The van der Waals surface area contributed by atoms with Crippen LogP contribution in [0, 0.1) is 5.92 Å². The third kappa shape index (κ3) is 5.13. The highest BCUT2D eigenvalue weighted by Crippen LogP contribution is 2.35. The number of benzene rings is 1. The van der Waals surface area contributed by atoms with Crippen molar-refractivity contribution in [2.45, 2.75) is 20.3 Å². The molecule has 128 valence electrons. The van der Waals surface area contributed by atoms with Gasteiger partial charge < -0.3 is 18.9 Å². The van der Waals surface area contributed by atoms with E-state index in [0.717, 1.165) is 0 Å². The Hall–Kier alpha value is -1.76. The molecule has 0 fully saturated rings. The summed E-state index contributed by atoms with van der Waals surface area (Å²) in [6, 6.07) is 3.44. The van der Waals surface area contributed by atoms with Gasteiger partial charge in [0.2, 0.25) is 0 Å². The zero-order valence-corrected chi connectivity index (χ0v) is 15.3. The quantitative estimate of drug-likeness (QED) is 0.503. The first kappa shape index (κ1) is 19.3. The maximum Gasteiger partial charge on any atom is 0.320 e. The Morgan fingerprint density at radius 1 is 1.04 bits per heavy atom. The van der Waals surface area contributed by atoms with E-state index in [9.17, 15) is 9.59 Å². The molecule has 0 saturated heterocycles. The van der Waals surface area contributed by atoms with Crippen LogP contribution in [0.15, 0.2) is 16.6 Å². The van der Waals surface area contributed by atoms with Crippen molar-refractivity contribution >= 4 is 27.9 Å². The summed E-state index contributed by atoms with van der Waals surface area (Å²) in [6.45, 7) is 3.75. The minimum atomic E-state index is -1.04. The number of hydrogen-bond acceptors (Lipinski definition) is 6. The van der Waals surface area contributed by atoms with Gasteiger partial charge in [-0.1, -0.05) is 0 Å². The second-order valence-corrected chi connectivity index (χ2v) is 5.36. The van der Waals surface area contributed by atoms with Crippen molar-refractivity contribution in [3.63, 3.8) is 0 Å². The number of hydrogen-bond donors (Lipinski definition) is 0. The standard InChI is InChI=1S/C16H21BrO6/c1-5-22-15(18)12(16(19)23-6-2)8-10-7-11(20-3)9-13(21-4)14(10)17/h7,9,12H,5-6,8H2,1-4H3. The van der Waals surface area contributed by atoms with E-state index in [1.54, 1.807) is 26.0 Å². The summed E-state index contributed by atoms with van der Waals surface area (Å²) in [5.41, 5.74) is 0.687. The van der Waals surface area contributed by atoms with Crippen molar-refractivity contribution in [2.75, 3.05) is 27.4 Å². The molecule has 7 heteroatoms. The van der Waals surface area contributed by atoms with E-state index in [1.165, 1.54) is 14.2 Å². The van der Waals surface area contributed by atoms with Crippen LogP contribution in [-0.4, -0.2) is 39.4 Å². The number of carbonyl (C=O) groups is 2. The van der Waals surface area contributed by atoms with Crippen LogP contribution in [0.1, 0.15) is 19.4 Å². The van der Waals surface area contributed by atoms with Crippen molar-refractivity contribution in [1.29, 1.82) is 0 Å². The molecule has 0 saturated carbocycles. The van der Waals surface area contributed by atoms with Crippen molar-refractivity contribution in [3.05, 3.63) is 22.2 Å². The van der Waals surface area contributed by atoms with E-state index in [2.05, 4.69) is 15.9 Å². The van der Waals surface area contributed by atoms with Crippen molar-refractivity contribution in [2.24, 2.45) is 5.92 Å². The first-order chi connectivity index (χ1) is 11.0. The molecule has 0 aromatic heterocycles. The van der Waals surface area contributed by atoms with E-state index >= 15 is 0 Å². The van der Waals surface area contributed by atoms with Crippen LogP contribution in [0.3, 0.4) is 0 Å². The zero-order chi connectivity index (χ0) is 17.4. The van der Waals surface area contributed by atoms with Crippen LogP contribution in [0.5, 0.6) is 11.5 Å². The summed E-state index contributed by atoms with van der Waals surface area (Å²) in [4.78, 5) is 24.2. The number of methoxy groups -OCH3 is 2. The summed E-state index contributed by atoms with van der Waals surface area (Å²) in [7, 11) is 3.05. The Bertz CT molecular complexity index is 540. The smallest absolute Gasteiger partial charge is 0.320 e. The molecule has 6 nitrogen and oxygen atoms in total. The molecule has 0 spiro atoms. The fourth-order valence-electron chi connectivity index (χ4n) is 2.01. The molecular weight excluding hydrogens is 368 g/mol. The molecule has 0 radical (unpaired) electrons. The Morgan fingerprint density at radius 2 is 1.61 bits per heavy atom. The lowest BCUT2D eigenvalue weighted by atomic mass is 9.99. The first-order valence-electron chi connectivity index (χ1n) is 7.22. The average molecular weight is 389 g/mol. The van der Waals surface area contributed by atoms with Gasteiger partial charge in [-0.3, -0.25) is 9.59 Å². The van der Waals surface area contributed by atoms with Gasteiger partial charge >= 0.3 is 11.9 Å². The largest absolute Gasteiger partial charge is 0.497 e. The van der Waals surface area contributed by atoms with E-state index in [1.807, 2.05) is 0 Å². The Morgan fingerprint density at radius 3 is 2.04 bits per heavy atom. The molecule has 0 amide bonds. The summed E-state index contributed by atoms with van der Waals surface area (Å²) < 4.78 is 21.1. The van der Waals surface area contributed by atoms with Gasteiger partial charge in [-0.25, -0.2) is 0 Å². The molecular formula is C16H21BrO6. The van der Waals surface area contributed by atoms with Gasteiger partial charge in [-0.2, -0.15) is 0 Å². The van der Waals surface area contributed by atoms with E-state index in [-0.39, 0.29) is 19.6 Å². The predicted octanol–water partition coefficient (Wildman–Crippen LogP) is 2.75. The molecule has 0 heterocycles. The first-order valence-corrected chi connectivity index (χ1v) is 8.01. The second-order valence-electron chi connectivity index (χ2n) is 4.56. The molecule has 0 aliphatic rings. The molecule has 0 N–H and O–H groups in total. The van der Waals surface area contributed by atoms with E-state index in [0.29, 0.717) is 21.5 Å². The number of esters is 2. The van der Waals surface area contributed by atoms with Gasteiger partial charge in [0.1, 0.15) is 11.5 Å². The summed E-state index contributed by atoms with van der Waals surface area (Å²) in [6.07, 6.45) is 0.117. The molecule has 0 bridgehead atoms. The minimum absolute atomic E-state index is 0.117. The molecule has 1 rings (SSSR count). The Kier molecular flexibility index (Phi) is 7.88. The molecule has 0 atom stereocenters. The highest BCUT2D eigenvalue weighted by atomic mass is 79.9. The number of halogens is 1.